The Morgan fingerprint density at radius 3 is 2.60 bits per heavy atom. The minimum absolute atomic E-state index is 0.000916. The van der Waals surface area contributed by atoms with Gasteiger partial charge < -0.3 is 14.8 Å². The van der Waals surface area contributed by atoms with Crippen molar-refractivity contribution in [2.75, 3.05) is 20.2 Å². The molecular formula is C27H28F4N6O3. The molecule has 1 N–H and O–H groups in total. The lowest BCUT2D eigenvalue weighted by atomic mass is 10.1. The van der Waals surface area contributed by atoms with Gasteiger partial charge in [0.2, 0.25) is 0 Å². The molecule has 4 aromatic rings. The molecule has 40 heavy (non-hydrogen) atoms. The molecule has 1 amide bonds. The van der Waals surface area contributed by atoms with E-state index in [4.69, 9.17) is 9.47 Å². The number of halogens is 4. The summed E-state index contributed by atoms with van der Waals surface area (Å²) in [6.07, 6.45) is -3.57. The van der Waals surface area contributed by atoms with E-state index >= 15 is 0 Å². The molecule has 0 radical (unpaired) electrons. The number of nitrogens with zero attached hydrogens (tertiary/aromatic N) is 5. The molecule has 2 unspecified atom stereocenters. The van der Waals surface area contributed by atoms with E-state index in [0.717, 1.165) is 0 Å². The molecule has 1 fully saturated rings. The van der Waals surface area contributed by atoms with Crippen molar-refractivity contribution in [1.82, 2.24) is 29.8 Å². The highest BCUT2D eigenvalue weighted by Gasteiger charge is 2.47. The standard InChI is InChI=1S/C27H28F4N6O3/c1-26(2,3)40-25(38)32-18-9-10-36(14-18)23(27(29,30)31)16-6-8-21-34-35-24(37(21)13-16)19-7-5-15-11-17(28)12-20(39-4)22(15)33-19/h5-8,11-13,18,23H,9-10,14H2,1-4H3,(H,32,38). The van der Waals surface area contributed by atoms with Crippen molar-refractivity contribution in [2.45, 2.75) is 51.1 Å². The first kappa shape index (κ1) is 27.6. The van der Waals surface area contributed by atoms with Gasteiger partial charge in [-0.15, -0.1) is 10.2 Å². The monoisotopic (exact) mass is 560 g/mol. The summed E-state index contributed by atoms with van der Waals surface area (Å²) < 4.78 is 69.2. The fourth-order valence-electron chi connectivity index (χ4n) is 4.91. The first-order chi connectivity index (χ1) is 18.8. The van der Waals surface area contributed by atoms with Crippen LogP contribution >= 0.6 is 0 Å². The normalized spacial score (nSPS) is 17.4. The third-order valence-corrected chi connectivity index (χ3v) is 6.53. The molecule has 1 aliphatic heterocycles. The largest absolute Gasteiger partial charge is 0.494 e. The number of aromatic nitrogens is 4. The summed E-state index contributed by atoms with van der Waals surface area (Å²) in [7, 11) is 1.39. The van der Waals surface area contributed by atoms with Crippen molar-refractivity contribution in [1.29, 1.82) is 0 Å². The summed E-state index contributed by atoms with van der Waals surface area (Å²) in [6, 6.07) is 6.17. The highest BCUT2D eigenvalue weighted by molar-refractivity contribution is 5.86. The minimum atomic E-state index is -4.60. The lowest BCUT2D eigenvalue weighted by molar-refractivity contribution is -0.184. The Labute approximate surface area is 227 Å². The van der Waals surface area contributed by atoms with Crippen LogP contribution in [0.5, 0.6) is 5.75 Å². The van der Waals surface area contributed by atoms with E-state index < -0.39 is 35.8 Å². The molecule has 9 nitrogen and oxygen atoms in total. The maximum Gasteiger partial charge on any atom is 0.408 e. The molecule has 13 heteroatoms. The average molecular weight is 561 g/mol. The van der Waals surface area contributed by atoms with Gasteiger partial charge in [0.05, 0.1) is 7.11 Å². The number of benzene rings is 1. The summed E-state index contributed by atoms with van der Waals surface area (Å²) in [4.78, 5) is 18.0. The van der Waals surface area contributed by atoms with E-state index in [2.05, 4.69) is 20.5 Å². The quantitative estimate of drug-likeness (QED) is 0.332. The van der Waals surface area contributed by atoms with Crippen LogP contribution in [0.3, 0.4) is 0 Å². The number of pyridine rings is 2. The van der Waals surface area contributed by atoms with Crippen LogP contribution in [0.25, 0.3) is 28.1 Å². The zero-order chi connectivity index (χ0) is 28.8. The second kappa shape index (κ2) is 10.2. The lowest BCUT2D eigenvalue weighted by Crippen LogP contribution is -2.42. The number of carbonyl (C=O) groups excluding carboxylic acids is 1. The van der Waals surface area contributed by atoms with Crippen molar-refractivity contribution in [3.05, 3.63) is 54.0 Å². The molecule has 0 bridgehead atoms. The molecule has 2 atom stereocenters. The van der Waals surface area contributed by atoms with Gasteiger partial charge >= 0.3 is 12.3 Å². The van der Waals surface area contributed by atoms with Crippen molar-refractivity contribution < 1.29 is 31.8 Å². The lowest BCUT2D eigenvalue weighted by Gasteiger charge is -2.30. The maximum atomic E-state index is 14.5. The van der Waals surface area contributed by atoms with Gasteiger partial charge in [-0.3, -0.25) is 9.30 Å². The second-order valence-electron chi connectivity index (χ2n) is 10.7. The average Bonchev–Trinajstić information content (AvgIpc) is 3.48. The van der Waals surface area contributed by atoms with E-state index in [1.807, 2.05) is 0 Å². The summed E-state index contributed by atoms with van der Waals surface area (Å²) in [5.41, 5.74) is 0.304. The Morgan fingerprint density at radius 2 is 1.90 bits per heavy atom. The fraction of sp³-hybridized carbons (Fsp3) is 0.407. The second-order valence-corrected chi connectivity index (χ2v) is 10.7. The molecule has 212 valence electrons. The Kier molecular flexibility index (Phi) is 7.02. The van der Waals surface area contributed by atoms with Crippen molar-refractivity contribution in [2.24, 2.45) is 0 Å². The van der Waals surface area contributed by atoms with Crippen LogP contribution in [0, 0.1) is 5.82 Å². The third kappa shape index (κ3) is 5.64. The number of likely N-dealkylation sites (tertiary alicyclic amines) is 1. The first-order valence-corrected chi connectivity index (χ1v) is 12.6. The van der Waals surface area contributed by atoms with Crippen LogP contribution in [-0.4, -0.2) is 68.6 Å². The molecule has 0 saturated carbocycles. The smallest absolute Gasteiger partial charge is 0.408 e. The molecule has 1 aromatic carbocycles. The van der Waals surface area contributed by atoms with E-state index in [1.165, 1.54) is 46.9 Å². The number of hydrogen-bond donors (Lipinski definition) is 1. The summed E-state index contributed by atoms with van der Waals surface area (Å²) in [5, 5.41) is 11.4. The van der Waals surface area contributed by atoms with Gasteiger partial charge in [-0.1, -0.05) is 12.1 Å². The van der Waals surface area contributed by atoms with E-state index in [0.29, 0.717) is 28.7 Å². The Hall–Kier alpha value is -4.00. The number of methoxy groups -OCH3 is 1. The number of hydrogen-bond acceptors (Lipinski definition) is 7. The molecule has 5 rings (SSSR count). The van der Waals surface area contributed by atoms with E-state index in [1.54, 1.807) is 32.9 Å². The fourth-order valence-corrected chi connectivity index (χ4v) is 4.91. The van der Waals surface area contributed by atoms with E-state index in [-0.39, 0.29) is 30.2 Å². The number of amides is 1. The van der Waals surface area contributed by atoms with Gasteiger partial charge in [0, 0.05) is 36.8 Å². The Balaban J connectivity index is 1.47. The molecule has 3 aromatic heterocycles. The highest BCUT2D eigenvalue weighted by atomic mass is 19.4. The molecule has 0 spiro atoms. The number of rotatable bonds is 5. The van der Waals surface area contributed by atoms with Gasteiger partial charge in [0.15, 0.2) is 11.5 Å². The van der Waals surface area contributed by atoms with Crippen molar-refractivity contribution >= 4 is 22.6 Å². The predicted molar refractivity (Wildman–Crippen MR) is 138 cm³/mol. The number of alkyl halides is 3. The van der Waals surface area contributed by atoms with E-state index in [9.17, 15) is 22.4 Å². The number of nitrogens with one attached hydrogen (secondary N) is 1. The van der Waals surface area contributed by atoms with Crippen molar-refractivity contribution in [3.8, 4) is 17.3 Å². The minimum Gasteiger partial charge on any atom is -0.494 e. The third-order valence-electron chi connectivity index (χ3n) is 6.53. The number of fused-ring (bicyclic) bond motifs is 2. The number of ether oxygens (including phenoxy) is 2. The summed E-state index contributed by atoms with van der Waals surface area (Å²) in [6.45, 7) is 5.27. The van der Waals surface area contributed by atoms with Gasteiger partial charge in [0.25, 0.3) is 0 Å². The summed E-state index contributed by atoms with van der Waals surface area (Å²) in [5.74, 6) is -0.0517. The molecule has 0 aliphatic carbocycles. The number of carbonyl (C=O) groups is 1. The van der Waals surface area contributed by atoms with Gasteiger partial charge in [-0.05, 0) is 51.0 Å². The van der Waals surface area contributed by atoms with Gasteiger partial charge in [-0.25, -0.2) is 14.2 Å². The topological polar surface area (TPSA) is 93.9 Å². The van der Waals surface area contributed by atoms with Crippen LogP contribution in [0.15, 0.2) is 42.6 Å². The zero-order valence-corrected chi connectivity index (χ0v) is 22.3. The molecule has 1 aliphatic rings. The van der Waals surface area contributed by atoms with Crippen LogP contribution in [-0.2, 0) is 4.74 Å². The van der Waals surface area contributed by atoms with Gasteiger partial charge in [0.1, 0.15) is 34.4 Å². The van der Waals surface area contributed by atoms with Crippen LogP contribution < -0.4 is 10.1 Å². The molecular weight excluding hydrogens is 532 g/mol. The van der Waals surface area contributed by atoms with Crippen LogP contribution in [0.4, 0.5) is 22.4 Å². The maximum absolute atomic E-state index is 14.5. The molecule has 4 heterocycles. The van der Waals surface area contributed by atoms with Gasteiger partial charge in [-0.2, -0.15) is 13.2 Å². The Morgan fingerprint density at radius 1 is 1.12 bits per heavy atom. The predicted octanol–water partition coefficient (Wildman–Crippen LogP) is 5.29. The van der Waals surface area contributed by atoms with Crippen LogP contribution in [0.2, 0.25) is 0 Å². The molecule has 1 saturated heterocycles. The first-order valence-electron chi connectivity index (χ1n) is 12.6. The zero-order valence-electron chi connectivity index (χ0n) is 22.3. The SMILES string of the molecule is COc1cc(F)cc2ccc(-c3nnc4ccc(C(N5CCC(NC(=O)OC(C)(C)C)C5)C(F)(F)F)cn34)nc12. The van der Waals surface area contributed by atoms with Crippen molar-refractivity contribution in [3.63, 3.8) is 0 Å². The number of alkyl carbamates (subject to hydrolysis) is 1. The highest BCUT2D eigenvalue weighted by Crippen LogP contribution is 2.40. The summed E-state index contributed by atoms with van der Waals surface area (Å²) >= 11 is 0. The van der Waals surface area contributed by atoms with Crippen LogP contribution in [0.1, 0.15) is 38.8 Å². The Bertz CT molecular complexity index is 1570.